The van der Waals surface area contributed by atoms with Crippen LogP contribution in [0.25, 0.3) is 16.7 Å². The monoisotopic (exact) mass is 580 g/mol. The van der Waals surface area contributed by atoms with Gasteiger partial charge in [0.25, 0.3) is 0 Å². The van der Waals surface area contributed by atoms with E-state index < -0.39 is 20.5 Å². The van der Waals surface area contributed by atoms with Gasteiger partial charge in [0.15, 0.2) is 3.79 Å². The Morgan fingerprint density at radius 2 is 1.44 bits per heavy atom. The smallest absolute Gasteiger partial charge is 0.195 e. The summed E-state index contributed by atoms with van der Waals surface area (Å²) in [6.45, 7) is 6.17. The summed E-state index contributed by atoms with van der Waals surface area (Å²) in [6.07, 6.45) is 6.98. The van der Waals surface area contributed by atoms with Crippen molar-refractivity contribution in [3.8, 4) is 11.1 Å². The number of rotatable bonds is 9. The predicted molar refractivity (Wildman–Crippen MR) is 165 cm³/mol. The second-order valence-corrected chi connectivity index (χ2v) is 13.4. The Labute approximate surface area is 246 Å². The van der Waals surface area contributed by atoms with Gasteiger partial charge in [0.2, 0.25) is 0 Å². The largest absolute Gasteiger partial charge is 0.396 e. The average molecular weight is 582 g/mol. The molecule has 0 aliphatic heterocycles. The van der Waals surface area contributed by atoms with Gasteiger partial charge >= 0.3 is 0 Å². The first-order valence-corrected chi connectivity index (χ1v) is 14.8. The summed E-state index contributed by atoms with van der Waals surface area (Å²) < 4.78 is -1.67. The van der Waals surface area contributed by atoms with Gasteiger partial charge in [-0.05, 0) is 78.0 Å². The zero-order chi connectivity index (χ0) is 27.8. The Hall–Kier alpha value is -2.07. The number of allylic oxidation sites excluding steroid dienone is 3. The minimum atomic E-state index is -1.67. The van der Waals surface area contributed by atoms with Gasteiger partial charge in [0.05, 0.1) is 0 Å². The lowest BCUT2D eigenvalue weighted by atomic mass is 9.54. The van der Waals surface area contributed by atoms with Gasteiger partial charge < -0.3 is 10.2 Å². The fraction of sp³-hybridized carbons (Fsp3) is 0.353. The number of hydrogen-bond donors (Lipinski definition) is 2. The highest BCUT2D eigenvalue weighted by Crippen LogP contribution is 2.68. The van der Waals surface area contributed by atoms with E-state index in [0.29, 0.717) is 32.1 Å². The summed E-state index contributed by atoms with van der Waals surface area (Å²) in [5.74, 6) is -0.498. The van der Waals surface area contributed by atoms with Crippen LogP contribution in [0.5, 0.6) is 0 Å². The van der Waals surface area contributed by atoms with Crippen LogP contribution in [0.2, 0.25) is 0 Å². The highest BCUT2D eigenvalue weighted by Gasteiger charge is 2.64. The Morgan fingerprint density at radius 3 is 2.00 bits per heavy atom. The molecule has 5 rings (SSSR count). The Morgan fingerprint density at radius 1 is 0.846 bits per heavy atom. The van der Waals surface area contributed by atoms with Crippen LogP contribution < -0.4 is 0 Å². The van der Waals surface area contributed by atoms with Crippen LogP contribution >= 0.6 is 34.8 Å². The van der Waals surface area contributed by atoms with E-state index in [1.54, 1.807) is 0 Å². The molecule has 0 bridgehead atoms. The Balaban J connectivity index is 1.91. The second kappa shape index (κ2) is 11.1. The SMILES string of the molecule is C=C/C=C1\CC(CCCO)(C(C(Cl)(Cl)Cl)C2(CCCO)c3ccccc3-c3ccccc32)c2cc(C)ccc21. The topological polar surface area (TPSA) is 40.5 Å². The lowest BCUT2D eigenvalue weighted by molar-refractivity contribution is 0.142. The number of halogens is 3. The summed E-state index contributed by atoms with van der Waals surface area (Å²) in [6, 6.07) is 23.4. The number of aliphatic hydroxyl groups is 2. The minimum absolute atomic E-state index is 0.0413. The van der Waals surface area contributed by atoms with E-state index in [0.717, 1.165) is 44.5 Å². The number of aryl methyl sites for hydroxylation is 1. The molecule has 0 fully saturated rings. The highest BCUT2D eigenvalue weighted by molar-refractivity contribution is 6.68. The molecule has 204 valence electrons. The van der Waals surface area contributed by atoms with Crippen molar-refractivity contribution < 1.29 is 10.2 Å². The highest BCUT2D eigenvalue weighted by atomic mass is 35.6. The van der Waals surface area contributed by atoms with E-state index in [2.05, 4.69) is 86.3 Å². The van der Waals surface area contributed by atoms with Gasteiger partial charge in [-0.3, -0.25) is 0 Å². The van der Waals surface area contributed by atoms with Crippen molar-refractivity contribution in [2.75, 3.05) is 13.2 Å². The second-order valence-electron chi connectivity index (χ2n) is 11.0. The standard InChI is InChI=1S/C34H35Cl3O2/c1-3-10-24-22-32(17-8-19-38,30-21-23(2)15-16-25(24)30)31(34(35,36)37)33(18-9-20-39)28-13-6-4-11-26(28)27-12-5-7-14-29(27)33/h3-7,10-16,21,31,38-39H,1,8-9,17-20,22H2,2H3/b24-10+. The molecule has 0 radical (unpaired) electrons. The number of hydrogen-bond acceptors (Lipinski definition) is 2. The van der Waals surface area contributed by atoms with Crippen LogP contribution in [-0.2, 0) is 10.8 Å². The first kappa shape index (κ1) is 28.5. The summed E-state index contributed by atoms with van der Waals surface area (Å²) in [5.41, 5.74) is 7.89. The molecule has 5 heteroatoms. The average Bonchev–Trinajstić information content (AvgIpc) is 3.37. The van der Waals surface area contributed by atoms with E-state index in [9.17, 15) is 10.2 Å². The fourth-order valence-electron chi connectivity index (χ4n) is 7.70. The lowest BCUT2D eigenvalue weighted by Gasteiger charge is -2.53. The zero-order valence-electron chi connectivity index (χ0n) is 22.3. The molecule has 3 aromatic rings. The zero-order valence-corrected chi connectivity index (χ0v) is 24.5. The maximum atomic E-state index is 10.1. The molecule has 2 nitrogen and oxygen atoms in total. The summed E-state index contributed by atoms with van der Waals surface area (Å²) in [4.78, 5) is 0. The van der Waals surface area contributed by atoms with E-state index in [1.165, 1.54) is 0 Å². The molecule has 0 spiro atoms. The number of alkyl halides is 3. The number of fused-ring (bicyclic) bond motifs is 4. The van der Waals surface area contributed by atoms with Crippen LogP contribution in [0, 0.1) is 12.8 Å². The molecule has 0 amide bonds. The molecule has 0 saturated carbocycles. The first-order chi connectivity index (χ1) is 18.7. The molecule has 2 N–H and O–H groups in total. The van der Waals surface area contributed by atoms with Gasteiger partial charge in [0, 0.05) is 30.0 Å². The third kappa shape index (κ3) is 4.59. The van der Waals surface area contributed by atoms with Crippen molar-refractivity contribution in [2.45, 2.75) is 53.7 Å². The van der Waals surface area contributed by atoms with E-state index in [-0.39, 0.29) is 13.2 Å². The fourth-order valence-corrected chi connectivity index (χ4v) is 8.88. The van der Waals surface area contributed by atoms with Crippen molar-refractivity contribution in [1.29, 1.82) is 0 Å². The minimum Gasteiger partial charge on any atom is -0.396 e. The van der Waals surface area contributed by atoms with Crippen molar-refractivity contribution >= 4 is 40.4 Å². The summed E-state index contributed by atoms with van der Waals surface area (Å²) >= 11 is 21.7. The van der Waals surface area contributed by atoms with Gasteiger partial charge in [-0.15, -0.1) is 0 Å². The summed E-state index contributed by atoms with van der Waals surface area (Å²) in [7, 11) is 0. The van der Waals surface area contributed by atoms with Gasteiger partial charge in [-0.1, -0.05) is 126 Å². The third-order valence-electron chi connectivity index (χ3n) is 8.87. The van der Waals surface area contributed by atoms with Crippen LogP contribution in [0.3, 0.4) is 0 Å². The van der Waals surface area contributed by atoms with E-state index in [1.807, 2.05) is 6.08 Å². The molecule has 39 heavy (non-hydrogen) atoms. The molecule has 3 aromatic carbocycles. The van der Waals surface area contributed by atoms with Crippen LogP contribution in [0.1, 0.15) is 59.9 Å². The van der Waals surface area contributed by atoms with Gasteiger partial charge in [-0.25, -0.2) is 0 Å². The summed E-state index contributed by atoms with van der Waals surface area (Å²) in [5, 5.41) is 20.3. The van der Waals surface area contributed by atoms with Crippen LogP contribution in [0.15, 0.2) is 85.5 Å². The molecule has 2 aliphatic carbocycles. The molecule has 0 aromatic heterocycles. The van der Waals surface area contributed by atoms with Crippen molar-refractivity contribution in [3.05, 3.63) is 113 Å². The number of aliphatic hydroxyl groups excluding tert-OH is 2. The Kier molecular flexibility index (Phi) is 8.08. The molecule has 2 unspecified atom stereocenters. The predicted octanol–water partition coefficient (Wildman–Crippen LogP) is 8.70. The van der Waals surface area contributed by atoms with Crippen LogP contribution in [-0.4, -0.2) is 27.2 Å². The molecular formula is C34H35Cl3O2. The van der Waals surface area contributed by atoms with E-state index >= 15 is 0 Å². The Bertz CT molecular complexity index is 1360. The van der Waals surface area contributed by atoms with Gasteiger partial charge in [-0.2, -0.15) is 0 Å². The molecule has 2 aliphatic rings. The quantitative estimate of drug-likeness (QED) is 0.248. The molecule has 2 atom stereocenters. The van der Waals surface area contributed by atoms with Crippen LogP contribution in [0.4, 0.5) is 0 Å². The van der Waals surface area contributed by atoms with Crippen molar-refractivity contribution in [3.63, 3.8) is 0 Å². The van der Waals surface area contributed by atoms with E-state index in [4.69, 9.17) is 34.8 Å². The van der Waals surface area contributed by atoms with Gasteiger partial charge in [0.1, 0.15) is 0 Å². The maximum Gasteiger partial charge on any atom is 0.195 e. The maximum absolute atomic E-state index is 10.1. The molecule has 0 heterocycles. The lowest BCUT2D eigenvalue weighted by Crippen LogP contribution is -2.53. The number of benzene rings is 3. The third-order valence-corrected chi connectivity index (χ3v) is 9.53. The van der Waals surface area contributed by atoms with Crippen molar-refractivity contribution in [1.82, 2.24) is 0 Å². The molecule has 0 saturated heterocycles. The normalized spacial score (nSPS) is 20.9. The van der Waals surface area contributed by atoms with Crippen molar-refractivity contribution in [2.24, 2.45) is 5.92 Å². The molecular weight excluding hydrogens is 547 g/mol. The first-order valence-electron chi connectivity index (χ1n) is 13.7.